The normalized spacial score (nSPS) is 17.3. The predicted molar refractivity (Wildman–Crippen MR) is 80.0 cm³/mol. The Hall–Kier alpha value is -0.960. The number of hydrogen-bond donors (Lipinski definition) is 2. The minimum atomic E-state index is -3.78. The van der Waals surface area contributed by atoms with Crippen LogP contribution in [-0.4, -0.2) is 39.3 Å². The lowest BCUT2D eigenvalue weighted by Gasteiger charge is -2.37. The van der Waals surface area contributed by atoms with Crippen molar-refractivity contribution in [2.75, 3.05) is 19.8 Å². The van der Waals surface area contributed by atoms with Gasteiger partial charge in [-0.15, -0.1) is 0 Å². The second-order valence-electron chi connectivity index (χ2n) is 5.51. The zero-order valence-electron chi connectivity index (χ0n) is 11.6. The van der Waals surface area contributed by atoms with Gasteiger partial charge in [-0.1, -0.05) is 22.9 Å². The Bertz CT molecular complexity index is 682. The van der Waals surface area contributed by atoms with Gasteiger partial charge in [0.2, 0.25) is 10.0 Å². The third kappa shape index (κ3) is 3.45. The number of ether oxygens (including phenoxy) is 1. The van der Waals surface area contributed by atoms with Crippen LogP contribution in [0.25, 0.3) is 0 Å². The van der Waals surface area contributed by atoms with Crippen molar-refractivity contribution in [2.24, 2.45) is 5.41 Å². The summed E-state index contributed by atoms with van der Waals surface area (Å²) < 4.78 is 32.9. The number of hydrogen-bond acceptors (Lipinski definition) is 4. The van der Waals surface area contributed by atoms with E-state index in [1.807, 2.05) is 6.92 Å². The highest BCUT2D eigenvalue weighted by atomic mass is 79.9. The Kier molecular flexibility index (Phi) is 4.44. The van der Waals surface area contributed by atoms with Crippen LogP contribution in [-0.2, 0) is 14.8 Å². The molecule has 0 unspecified atom stereocenters. The third-order valence-corrected chi connectivity index (χ3v) is 5.77. The van der Waals surface area contributed by atoms with E-state index in [1.54, 1.807) is 6.92 Å². The highest BCUT2D eigenvalue weighted by Gasteiger charge is 2.35. The molecule has 1 heterocycles. The molecule has 0 amide bonds. The monoisotopic (exact) mass is 377 g/mol. The van der Waals surface area contributed by atoms with Gasteiger partial charge in [-0.2, -0.15) is 0 Å². The Balaban J connectivity index is 2.32. The quantitative estimate of drug-likeness (QED) is 0.815. The van der Waals surface area contributed by atoms with Crippen LogP contribution in [0, 0.1) is 12.3 Å². The summed E-state index contributed by atoms with van der Waals surface area (Å²) in [7, 11) is -3.78. The van der Waals surface area contributed by atoms with Gasteiger partial charge in [-0.3, -0.25) is 0 Å². The summed E-state index contributed by atoms with van der Waals surface area (Å²) >= 11 is 3.20. The predicted octanol–water partition coefficient (Wildman–Crippen LogP) is 1.77. The maximum absolute atomic E-state index is 12.4. The van der Waals surface area contributed by atoms with Gasteiger partial charge >= 0.3 is 5.97 Å². The van der Waals surface area contributed by atoms with E-state index >= 15 is 0 Å². The molecule has 6 nitrogen and oxygen atoms in total. The smallest absolute Gasteiger partial charge is 0.335 e. The van der Waals surface area contributed by atoms with Crippen LogP contribution in [0.1, 0.15) is 22.8 Å². The van der Waals surface area contributed by atoms with Gasteiger partial charge in [0.05, 0.1) is 23.7 Å². The van der Waals surface area contributed by atoms with Crippen molar-refractivity contribution in [1.29, 1.82) is 0 Å². The number of aromatic carboxylic acids is 1. The molecular weight excluding hydrogens is 362 g/mol. The van der Waals surface area contributed by atoms with Gasteiger partial charge in [0, 0.05) is 16.4 Å². The molecule has 0 aliphatic carbocycles. The fourth-order valence-corrected chi connectivity index (χ4v) is 4.04. The molecule has 0 atom stereocenters. The largest absolute Gasteiger partial charge is 0.478 e. The van der Waals surface area contributed by atoms with Crippen LogP contribution >= 0.6 is 15.9 Å². The summed E-state index contributed by atoms with van der Waals surface area (Å²) in [5, 5.41) is 9.04. The van der Waals surface area contributed by atoms with Gasteiger partial charge in [0.15, 0.2) is 0 Å². The zero-order valence-corrected chi connectivity index (χ0v) is 14.0. The molecule has 21 heavy (non-hydrogen) atoms. The summed E-state index contributed by atoms with van der Waals surface area (Å²) in [6.07, 6.45) is 0. The highest BCUT2D eigenvalue weighted by Crippen LogP contribution is 2.28. The number of carbonyl (C=O) groups is 1. The number of nitrogens with one attached hydrogen (secondary N) is 1. The van der Waals surface area contributed by atoms with Crippen LogP contribution in [0.5, 0.6) is 0 Å². The van der Waals surface area contributed by atoms with Gasteiger partial charge in [-0.25, -0.2) is 17.9 Å². The molecule has 116 valence electrons. The van der Waals surface area contributed by atoms with Crippen LogP contribution in [0.2, 0.25) is 0 Å². The highest BCUT2D eigenvalue weighted by molar-refractivity contribution is 9.10. The first-order chi connectivity index (χ1) is 9.65. The van der Waals surface area contributed by atoms with Gasteiger partial charge < -0.3 is 9.84 Å². The lowest BCUT2D eigenvalue weighted by Crippen LogP contribution is -2.48. The number of halogens is 1. The van der Waals surface area contributed by atoms with Crippen molar-refractivity contribution in [2.45, 2.75) is 18.7 Å². The molecule has 2 rings (SSSR count). The van der Waals surface area contributed by atoms with Gasteiger partial charge in [-0.05, 0) is 24.6 Å². The van der Waals surface area contributed by atoms with E-state index in [2.05, 4.69) is 20.7 Å². The average molecular weight is 378 g/mol. The molecule has 1 aromatic carbocycles. The minimum absolute atomic E-state index is 0.0295. The number of sulfonamides is 1. The van der Waals surface area contributed by atoms with Crippen molar-refractivity contribution in [1.82, 2.24) is 4.72 Å². The average Bonchev–Trinajstić information content (AvgIpc) is 2.36. The molecule has 1 saturated heterocycles. The fraction of sp³-hybridized carbons (Fsp3) is 0.462. The van der Waals surface area contributed by atoms with Gasteiger partial charge in [0.25, 0.3) is 0 Å². The third-order valence-electron chi connectivity index (χ3n) is 3.42. The van der Waals surface area contributed by atoms with Crippen LogP contribution in [0.4, 0.5) is 0 Å². The molecule has 0 bridgehead atoms. The molecule has 0 saturated carbocycles. The van der Waals surface area contributed by atoms with E-state index in [0.717, 1.165) is 0 Å². The Morgan fingerprint density at radius 2 is 2.10 bits per heavy atom. The Labute approximate surface area is 131 Å². The standard InChI is InChI=1S/C13H16BrNO5S/c1-8-10(14)3-9(12(16)17)4-11(8)21(18,19)15-5-13(2)6-20-7-13/h3-4,15H,5-7H2,1-2H3,(H,16,17). The fourth-order valence-electron chi connectivity index (χ4n) is 1.96. The van der Waals surface area contributed by atoms with E-state index in [4.69, 9.17) is 9.84 Å². The first kappa shape index (κ1) is 16.4. The molecule has 0 aromatic heterocycles. The SMILES string of the molecule is Cc1c(Br)cc(C(=O)O)cc1S(=O)(=O)NCC1(C)COC1. The topological polar surface area (TPSA) is 92.7 Å². The second kappa shape index (κ2) is 5.68. The molecule has 0 spiro atoms. The van der Waals surface area contributed by atoms with Crippen molar-refractivity contribution in [3.63, 3.8) is 0 Å². The maximum Gasteiger partial charge on any atom is 0.335 e. The molecule has 1 fully saturated rings. The van der Waals surface area contributed by atoms with E-state index in [0.29, 0.717) is 23.2 Å². The minimum Gasteiger partial charge on any atom is -0.478 e. The van der Waals surface area contributed by atoms with Crippen LogP contribution in [0.3, 0.4) is 0 Å². The Morgan fingerprint density at radius 1 is 1.48 bits per heavy atom. The zero-order chi connectivity index (χ0) is 15.8. The van der Waals surface area contributed by atoms with Crippen molar-refractivity contribution >= 4 is 31.9 Å². The van der Waals surface area contributed by atoms with E-state index < -0.39 is 16.0 Å². The number of rotatable bonds is 5. The first-order valence-corrected chi connectivity index (χ1v) is 8.53. The summed E-state index contributed by atoms with van der Waals surface area (Å²) in [6, 6.07) is 2.56. The number of carboxylic acid groups (broad SMARTS) is 1. The van der Waals surface area contributed by atoms with E-state index in [9.17, 15) is 13.2 Å². The molecule has 1 aliphatic rings. The van der Waals surface area contributed by atoms with Crippen LogP contribution < -0.4 is 4.72 Å². The Morgan fingerprint density at radius 3 is 2.57 bits per heavy atom. The molecule has 1 aliphatic heterocycles. The van der Waals surface area contributed by atoms with Crippen LogP contribution in [0.15, 0.2) is 21.5 Å². The number of carboxylic acids is 1. The van der Waals surface area contributed by atoms with Gasteiger partial charge in [0.1, 0.15) is 0 Å². The maximum atomic E-state index is 12.4. The van der Waals surface area contributed by atoms with E-state index in [1.165, 1.54) is 12.1 Å². The molecule has 1 aromatic rings. The summed E-state index contributed by atoms with van der Waals surface area (Å²) in [6.45, 7) is 4.82. The van der Waals surface area contributed by atoms with E-state index in [-0.39, 0.29) is 22.4 Å². The summed E-state index contributed by atoms with van der Waals surface area (Å²) in [4.78, 5) is 11.0. The number of benzene rings is 1. The molecule has 8 heteroatoms. The summed E-state index contributed by atoms with van der Waals surface area (Å²) in [5.41, 5.74) is 0.191. The second-order valence-corrected chi connectivity index (χ2v) is 8.10. The first-order valence-electron chi connectivity index (χ1n) is 6.25. The lowest BCUT2D eigenvalue weighted by atomic mass is 9.89. The molecule has 0 radical (unpaired) electrons. The van der Waals surface area contributed by atoms with Crippen molar-refractivity contribution < 1.29 is 23.1 Å². The van der Waals surface area contributed by atoms with Crippen molar-refractivity contribution in [3.05, 3.63) is 27.7 Å². The van der Waals surface area contributed by atoms with Crippen molar-refractivity contribution in [3.8, 4) is 0 Å². The molecular formula is C13H16BrNO5S. The summed E-state index contributed by atoms with van der Waals surface area (Å²) in [5.74, 6) is -1.17. The lowest BCUT2D eigenvalue weighted by molar-refractivity contribution is -0.0965. The molecule has 2 N–H and O–H groups in total.